The van der Waals surface area contributed by atoms with E-state index in [0.29, 0.717) is 19.4 Å². The lowest BCUT2D eigenvalue weighted by Gasteiger charge is -2.16. The fraction of sp³-hybridized carbons (Fsp3) is 0.750. The summed E-state index contributed by atoms with van der Waals surface area (Å²) < 4.78 is 4.85. The quantitative estimate of drug-likeness (QED) is 0.435. The van der Waals surface area contributed by atoms with E-state index in [1.54, 1.807) is 4.90 Å². The second-order valence-electron chi connectivity index (χ2n) is 2.67. The fourth-order valence-electron chi connectivity index (χ4n) is 1.14. The van der Waals surface area contributed by atoms with Gasteiger partial charge in [-0.1, -0.05) is 0 Å². The molecule has 1 amide bonds. The van der Waals surface area contributed by atoms with Crippen molar-refractivity contribution in [2.75, 3.05) is 13.1 Å². The van der Waals surface area contributed by atoms with E-state index in [2.05, 4.69) is 0 Å². The largest absolute Gasteiger partial charge is 0.351 e. The number of carbonyl (C=O) groups excluding carboxylic acids is 2. The van der Waals surface area contributed by atoms with Crippen LogP contribution < -0.4 is 0 Å². The van der Waals surface area contributed by atoms with Crippen molar-refractivity contribution in [1.29, 1.82) is 0 Å². The summed E-state index contributed by atoms with van der Waals surface area (Å²) in [4.78, 5) is 23.2. The van der Waals surface area contributed by atoms with Crippen LogP contribution >= 0.6 is 0 Å². The number of carbonyl (C=O) groups is 2. The van der Waals surface area contributed by atoms with E-state index < -0.39 is 12.2 Å². The minimum atomic E-state index is -0.498. The summed E-state index contributed by atoms with van der Waals surface area (Å²) in [6.45, 7) is 5.14. The summed E-state index contributed by atoms with van der Waals surface area (Å²) >= 11 is 0. The first-order valence-corrected chi connectivity index (χ1v) is 4.14. The predicted molar refractivity (Wildman–Crippen MR) is 42.7 cm³/mol. The molecule has 4 nitrogen and oxygen atoms in total. The van der Waals surface area contributed by atoms with Gasteiger partial charge < -0.3 is 14.4 Å². The van der Waals surface area contributed by atoms with Crippen LogP contribution in [0.25, 0.3) is 0 Å². The molecule has 0 spiro atoms. The molecule has 68 valence electrons. The van der Waals surface area contributed by atoms with Crippen molar-refractivity contribution in [1.82, 2.24) is 4.90 Å². The second-order valence-corrected chi connectivity index (χ2v) is 2.67. The molecule has 0 unspecified atom stereocenters. The molecule has 1 heterocycles. The number of hydrogen-bond donors (Lipinski definition) is 0. The van der Waals surface area contributed by atoms with Gasteiger partial charge in [0.1, 0.15) is 6.10 Å². The number of epoxide rings is 1. The molecule has 4 heteroatoms. The van der Waals surface area contributed by atoms with Crippen LogP contribution in [-0.4, -0.2) is 42.4 Å². The molecule has 0 aromatic rings. The lowest BCUT2D eigenvalue weighted by molar-refractivity contribution is -0.132. The van der Waals surface area contributed by atoms with E-state index in [4.69, 9.17) is 4.74 Å². The van der Waals surface area contributed by atoms with Crippen LogP contribution in [0.2, 0.25) is 0 Å². The zero-order valence-electron chi connectivity index (χ0n) is 7.32. The van der Waals surface area contributed by atoms with E-state index in [1.807, 2.05) is 13.8 Å². The standard InChI is InChI=1S/C8H13NO3/c1-3-9(4-2)8(11)7-6(5-10)12-7/h5-7H,3-4H2,1-2H3/t6-,7+/m0/s1. The summed E-state index contributed by atoms with van der Waals surface area (Å²) in [5.74, 6) is -0.0721. The van der Waals surface area contributed by atoms with Crippen molar-refractivity contribution in [3.8, 4) is 0 Å². The van der Waals surface area contributed by atoms with Gasteiger partial charge in [0.2, 0.25) is 0 Å². The third-order valence-electron chi connectivity index (χ3n) is 1.98. The van der Waals surface area contributed by atoms with E-state index in [1.165, 1.54) is 0 Å². The normalized spacial score (nSPS) is 26.5. The lowest BCUT2D eigenvalue weighted by atomic mass is 10.3. The van der Waals surface area contributed by atoms with E-state index in [9.17, 15) is 9.59 Å². The highest BCUT2D eigenvalue weighted by Gasteiger charge is 2.46. The molecule has 0 bridgehead atoms. The number of amides is 1. The first kappa shape index (κ1) is 9.19. The van der Waals surface area contributed by atoms with Crippen molar-refractivity contribution in [3.05, 3.63) is 0 Å². The molecular weight excluding hydrogens is 158 g/mol. The summed E-state index contributed by atoms with van der Waals surface area (Å²) in [5.41, 5.74) is 0. The number of nitrogens with zero attached hydrogens (tertiary/aromatic N) is 1. The monoisotopic (exact) mass is 171 g/mol. The zero-order chi connectivity index (χ0) is 9.14. The van der Waals surface area contributed by atoms with Crippen LogP contribution in [0, 0.1) is 0 Å². The molecule has 1 saturated heterocycles. The number of aldehydes is 1. The highest BCUT2D eigenvalue weighted by Crippen LogP contribution is 2.21. The molecule has 0 aliphatic carbocycles. The van der Waals surface area contributed by atoms with Crippen molar-refractivity contribution in [2.24, 2.45) is 0 Å². The van der Waals surface area contributed by atoms with Crippen molar-refractivity contribution >= 4 is 12.2 Å². The Kier molecular flexibility index (Phi) is 2.81. The molecule has 0 aromatic heterocycles. The SMILES string of the molecule is CCN(CC)C(=O)[C@@H]1O[C@H]1C=O. The third kappa shape index (κ3) is 1.64. The van der Waals surface area contributed by atoms with Gasteiger partial charge in [-0.25, -0.2) is 0 Å². The van der Waals surface area contributed by atoms with Gasteiger partial charge >= 0.3 is 0 Å². The number of rotatable bonds is 4. The van der Waals surface area contributed by atoms with E-state index in [-0.39, 0.29) is 5.91 Å². The Balaban J connectivity index is 2.42. The smallest absolute Gasteiger partial charge is 0.254 e. The highest BCUT2D eigenvalue weighted by molar-refractivity contribution is 5.88. The summed E-state index contributed by atoms with van der Waals surface area (Å²) in [5, 5.41) is 0. The molecule has 0 saturated carbocycles. The van der Waals surface area contributed by atoms with Crippen LogP contribution in [0.5, 0.6) is 0 Å². The van der Waals surface area contributed by atoms with Crippen molar-refractivity contribution in [3.63, 3.8) is 0 Å². The molecule has 1 rings (SSSR count). The Bertz CT molecular complexity index is 189. The Morgan fingerprint density at radius 1 is 1.50 bits per heavy atom. The topological polar surface area (TPSA) is 49.9 Å². The van der Waals surface area contributed by atoms with Gasteiger partial charge in [0.15, 0.2) is 12.4 Å². The first-order valence-electron chi connectivity index (χ1n) is 4.14. The van der Waals surface area contributed by atoms with Crippen molar-refractivity contribution < 1.29 is 14.3 Å². The highest BCUT2D eigenvalue weighted by atomic mass is 16.6. The first-order chi connectivity index (χ1) is 5.74. The minimum absolute atomic E-state index is 0.0721. The Labute approximate surface area is 71.5 Å². The maximum Gasteiger partial charge on any atom is 0.254 e. The Morgan fingerprint density at radius 3 is 2.42 bits per heavy atom. The Hall–Kier alpha value is -0.900. The molecule has 1 aliphatic rings. The average molecular weight is 171 g/mol. The molecule has 0 aromatic carbocycles. The fourth-order valence-corrected chi connectivity index (χ4v) is 1.14. The van der Waals surface area contributed by atoms with Crippen LogP contribution in [0.4, 0.5) is 0 Å². The Morgan fingerprint density at radius 2 is 2.08 bits per heavy atom. The second kappa shape index (κ2) is 3.67. The molecule has 12 heavy (non-hydrogen) atoms. The maximum absolute atomic E-state index is 11.4. The molecule has 1 aliphatic heterocycles. The van der Waals surface area contributed by atoms with Gasteiger partial charge in [-0.15, -0.1) is 0 Å². The van der Waals surface area contributed by atoms with E-state index >= 15 is 0 Å². The van der Waals surface area contributed by atoms with Gasteiger partial charge in [0.25, 0.3) is 5.91 Å². The number of hydrogen-bond acceptors (Lipinski definition) is 3. The molecular formula is C8H13NO3. The summed E-state index contributed by atoms with van der Waals surface area (Å²) in [7, 11) is 0. The van der Waals surface area contributed by atoms with Crippen LogP contribution in [0.15, 0.2) is 0 Å². The molecule has 0 N–H and O–H groups in total. The van der Waals surface area contributed by atoms with Crippen LogP contribution in [-0.2, 0) is 14.3 Å². The lowest BCUT2D eigenvalue weighted by Crippen LogP contribution is -2.34. The van der Waals surface area contributed by atoms with E-state index in [0.717, 1.165) is 0 Å². The molecule has 1 fully saturated rings. The maximum atomic E-state index is 11.4. The molecule has 0 radical (unpaired) electrons. The average Bonchev–Trinajstić information content (AvgIpc) is 2.85. The van der Waals surface area contributed by atoms with Gasteiger partial charge in [0.05, 0.1) is 0 Å². The zero-order valence-corrected chi connectivity index (χ0v) is 7.32. The summed E-state index contributed by atoms with van der Waals surface area (Å²) in [6, 6.07) is 0. The van der Waals surface area contributed by atoms with Crippen molar-refractivity contribution in [2.45, 2.75) is 26.1 Å². The van der Waals surface area contributed by atoms with Gasteiger partial charge in [0, 0.05) is 13.1 Å². The minimum Gasteiger partial charge on any atom is -0.351 e. The van der Waals surface area contributed by atoms with Gasteiger partial charge in [-0.3, -0.25) is 4.79 Å². The van der Waals surface area contributed by atoms with Gasteiger partial charge in [-0.05, 0) is 13.8 Å². The summed E-state index contributed by atoms with van der Waals surface area (Å²) in [6.07, 6.45) is -0.313. The number of ether oxygens (including phenoxy) is 1. The molecule has 2 atom stereocenters. The van der Waals surface area contributed by atoms with Gasteiger partial charge in [-0.2, -0.15) is 0 Å². The predicted octanol–water partition coefficient (Wildman–Crippen LogP) is -0.179. The van der Waals surface area contributed by atoms with Crippen LogP contribution in [0.1, 0.15) is 13.8 Å². The third-order valence-corrected chi connectivity index (χ3v) is 1.98. The van der Waals surface area contributed by atoms with Crippen LogP contribution in [0.3, 0.4) is 0 Å². The number of likely N-dealkylation sites (N-methyl/N-ethyl adjacent to an activating group) is 1.